The van der Waals surface area contributed by atoms with Gasteiger partial charge in [-0.05, 0) is 80.1 Å². The lowest BCUT2D eigenvalue weighted by atomic mass is 10.0. The number of unbranched alkanes of at least 4 members (excludes halogenated alkanes) is 1. The van der Waals surface area contributed by atoms with Crippen LogP contribution >= 0.6 is 11.8 Å². The smallest absolute Gasteiger partial charge is 0.326 e. The summed E-state index contributed by atoms with van der Waals surface area (Å²) in [6.45, 7) is 3.43. The van der Waals surface area contributed by atoms with Crippen molar-refractivity contribution in [3.63, 3.8) is 0 Å². The summed E-state index contributed by atoms with van der Waals surface area (Å²) in [6, 6.07) is 15.4. The number of nitrogens with zero attached hydrogens (tertiary/aromatic N) is 3. The first kappa shape index (κ1) is 46.0. The standard InChI is InChI=1S/C43H50F2N8O7S/c1-24(2)19-33(41(57)51-31(43(59)60)13-6-7-18-46)50-35(55)21-48-40(56)30(47)23-61-38(36-28(44)11-8-12-29(36)45)37-42(58)53-22-34(26-14-16-27(54)17-15-26)49-32(39(53)52-37)20-25-9-4-3-5-10-25/h3-5,8-12,14-17,22,24,30-31,33,38,54,58H,6-7,13,18-21,23,46-47H2,1-2H3,(H,48,56)(H,50,55)(H,51,57)(H,59,60)/t30?,31?,33?,38-/m0/s1. The number of carbonyl (C=O) groups excluding carboxylic acids is 3. The molecule has 3 aromatic carbocycles. The van der Waals surface area contributed by atoms with Crippen LogP contribution in [-0.4, -0.2) is 90.3 Å². The number of hydrogen-bond acceptors (Lipinski definition) is 11. The van der Waals surface area contributed by atoms with Gasteiger partial charge in [-0.25, -0.2) is 23.5 Å². The number of nitrogens with two attached hydrogens (primary N) is 2. The maximum atomic E-state index is 15.6. The molecule has 0 saturated carbocycles. The first-order chi connectivity index (χ1) is 29.2. The van der Waals surface area contributed by atoms with Crippen molar-refractivity contribution in [3.05, 3.63) is 113 Å². The molecule has 0 aliphatic heterocycles. The number of carboxylic acids is 1. The van der Waals surface area contributed by atoms with Crippen LogP contribution in [0.15, 0.2) is 79.0 Å². The SMILES string of the molecule is CC(C)CC(NC(=O)CNC(=O)C(N)CS[C@H](c1nc2c(Cc3ccccc3)nc(-c3ccc(O)cc3)cn2c1O)c1c(F)cccc1F)C(=O)NC(CCCCN)C(=O)O. The van der Waals surface area contributed by atoms with Gasteiger partial charge >= 0.3 is 5.97 Å². The lowest BCUT2D eigenvalue weighted by molar-refractivity contribution is -0.142. The van der Waals surface area contributed by atoms with Crippen LogP contribution < -0.4 is 27.4 Å². The number of thioether (sulfide) groups is 1. The summed E-state index contributed by atoms with van der Waals surface area (Å²) < 4.78 is 32.5. The summed E-state index contributed by atoms with van der Waals surface area (Å²) in [4.78, 5) is 60.6. The molecule has 18 heteroatoms. The molecule has 10 N–H and O–H groups in total. The third kappa shape index (κ3) is 12.2. The predicted molar refractivity (Wildman–Crippen MR) is 227 cm³/mol. The van der Waals surface area contributed by atoms with E-state index in [0.717, 1.165) is 29.5 Å². The first-order valence-electron chi connectivity index (χ1n) is 19.7. The number of aromatic nitrogens is 3. The number of imidazole rings is 1. The summed E-state index contributed by atoms with van der Waals surface area (Å²) in [6.07, 6.45) is 3.19. The Morgan fingerprint density at radius 2 is 1.56 bits per heavy atom. The van der Waals surface area contributed by atoms with E-state index in [4.69, 9.17) is 21.4 Å². The Kier molecular flexibility index (Phi) is 16.1. The number of fused-ring (bicyclic) bond motifs is 1. The molecule has 5 aromatic rings. The highest BCUT2D eigenvalue weighted by molar-refractivity contribution is 7.99. The minimum atomic E-state index is -1.33. The second-order valence-corrected chi connectivity index (χ2v) is 16.0. The van der Waals surface area contributed by atoms with Gasteiger partial charge < -0.3 is 42.7 Å². The Bertz CT molecular complexity index is 2290. The maximum absolute atomic E-state index is 15.6. The molecule has 0 spiro atoms. The minimum Gasteiger partial charge on any atom is -0.508 e. The van der Waals surface area contributed by atoms with Gasteiger partial charge in [0.25, 0.3) is 0 Å². The van der Waals surface area contributed by atoms with Crippen LogP contribution in [0.4, 0.5) is 8.78 Å². The largest absolute Gasteiger partial charge is 0.508 e. The van der Waals surface area contributed by atoms with E-state index in [2.05, 4.69) is 16.0 Å². The molecular weight excluding hydrogens is 811 g/mol. The van der Waals surface area contributed by atoms with Gasteiger partial charge in [0, 0.05) is 29.5 Å². The Morgan fingerprint density at radius 3 is 2.20 bits per heavy atom. The molecule has 0 aliphatic carbocycles. The number of amides is 3. The highest BCUT2D eigenvalue weighted by Crippen LogP contribution is 2.43. The van der Waals surface area contributed by atoms with Crippen molar-refractivity contribution < 1.29 is 43.3 Å². The molecule has 5 rings (SSSR count). The number of carbonyl (C=O) groups is 4. The Hall–Kier alpha value is -6.11. The van der Waals surface area contributed by atoms with Crippen LogP contribution in [0.3, 0.4) is 0 Å². The molecule has 3 amide bonds. The Labute approximate surface area is 355 Å². The number of rotatable bonds is 21. The van der Waals surface area contributed by atoms with Gasteiger partial charge in [-0.3, -0.25) is 18.8 Å². The van der Waals surface area contributed by atoms with E-state index < -0.39 is 76.7 Å². The van der Waals surface area contributed by atoms with Crippen LogP contribution in [0.5, 0.6) is 11.6 Å². The monoisotopic (exact) mass is 860 g/mol. The molecule has 4 atom stereocenters. The third-order valence-electron chi connectivity index (χ3n) is 9.69. The molecule has 0 fully saturated rings. The summed E-state index contributed by atoms with van der Waals surface area (Å²) in [5.41, 5.74) is 13.7. The zero-order chi connectivity index (χ0) is 44.2. The van der Waals surface area contributed by atoms with Crippen molar-refractivity contribution in [1.29, 1.82) is 0 Å². The predicted octanol–water partition coefficient (Wildman–Crippen LogP) is 4.17. The van der Waals surface area contributed by atoms with Gasteiger partial charge in [-0.1, -0.05) is 50.2 Å². The molecule has 61 heavy (non-hydrogen) atoms. The number of aromatic hydroxyl groups is 2. The molecule has 324 valence electrons. The van der Waals surface area contributed by atoms with E-state index in [0.29, 0.717) is 36.3 Å². The van der Waals surface area contributed by atoms with Crippen molar-refractivity contribution in [2.24, 2.45) is 17.4 Å². The van der Waals surface area contributed by atoms with Gasteiger partial charge in [-0.2, -0.15) is 0 Å². The van der Waals surface area contributed by atoms with Gasteiger partial charge in [0.15, 0.2) is 5.65 Å². The normalized spacial score (nSPS) is 13.4. The summed E-state index contributed by atoms with van der Waals surface area (Å²) in [5, 5.41) is 37.4. The number of phenols is 1. The summed E-state index contributed by atoms with van der Waals surface area (Å²) >= 11 is 0.846. The van der Waals surface area contributed by atoms with Crippen molar-refractivity contribution in [3.8, 4) is 22.9 Å². The van der Waals surface area contributed by atoms with Crippen LogP contribution in [0.25, 0.3) is 16.9 Å². The summed E-state index contributed by atoms with van der Waals surface area (Å²) in [5.74, 6) is -6.02. The molecule has 0 aliphatic rings. The molecular formula is C43H50F2N8O7S. The lowest BCUT2D eigenvalue weighted by Crippen LogP contribution is -2.54. The van der Waals surface area contributed by atoms with Crippen LogP contribution in [-0.2, 0) is 25.6 Å². The Morgan fingerprint density at radius 1 is 0.869 bits per heavy atom. The van der Waals surface area contributed by atoms with Gasteiger partial charge in [0.05, 0.1) is 29.2 Å². The van der Waals surface area contributed by atoms with E-state index >= 15 is 8.78 Å². The fourth-order valence-electron chi connectivity index (χ4n) is 6.57. The second-order valence-electron chi connectivity index (χ2n) is 14.9. The zero-order valence-electron chi connectivity index (χ0n) is 33.7. The zero-order valence-corrected chi connectivity index (χ0v) is 34.5. The van der Waals surface area contributed by atoms with E-state index in [1.54, 1.807) is 12.1 Å². The molecule has 2 heterocycles. The van der Waals surface area contributed by atoms with Crippen LogP contribution in [0, 0.1) is 17.6 Å². The molecule has 0 bridgehead atoms. The molecule has 0 saturated heterocycles. The quantitative estimate of drug-likeness (QED) is 0.0485. The van der Waals surface area contributed by atoms with Crippen LogP contribution in [0.1, 0.15) is 67.3 Å². The first-order valence-corrected chi connectivity index (χ1v) is 20.8. The van der Waals surface area contributed by atoms with Gasteiger partial charge in [0.1, 0.15) is 35.2 Å². The van der Waals surface area contributed by atoms with Crippen molar-refractivity contribution in [1.82, 2.24) is 30.3 Å². The molecule has 2 aromatic heterocycles. The third-order valence-corrected chi connectivity index (χ3v) is 11.0. The number of carboxylic acid groups (broad SMARTS) is 1. The van der Waals surface area contributed by atoms with E-state index in [1.807, 2.05) is 44.2 Å². The number of benzene rings is 3. The fraction of sp³-hybridized carbons (Fsp3) is 0.349. The van der Waals surface area contributed by atoms with Crippen molar-refractivity contribution in [2.75, 3.05) is 18.8 Å². The Balaban J connectivity index is 1.36. The number of nitrogens with one attached hydrogen (secondary N) is 3. The average molecular weight is 861 g/mol. The topological polar surface area (TPSA) is 247 Å². The minimum absolute atomic E-state index is 0.0430. The van der Waals surface area contributed by atoms with Gasteiger partial charge in [-0.15, -0.1) is 11.8 Å². The lowest BCUT2D eigenvalue weighted by Gasteiger charge is -2.23. The fourth-order valence-corrected chi connectivity index (χ4v) is 7.83. The number of aliphatic carboxylic acids is 1. The maximum Gasteiger partial charge on any atom is 0.326 e. The van der Waals surface area contributed by atoms with Gasteiger partial charge in [0.2, 0.25) is 23.6 Å². The molecule has 15 nitrogen and oxygen atoms in total. The number of phenolic OH excluding ortho intramolecular Hbond substituents is 1. The highest BCUT2D eigenvalue weighted by Gasteiger charge is 2.32. The molecule has 3 unspecified atom stereocenters. The van der Waals surface area contributed by atoms with E-state index in [9.17, 15) is 34.5 Å². The van der Waals surface area contributed by atoms with E-state index in [-0.39, 0.29) is 48.0 Å². The van der Waals surface area contributed by atoms with Crippen molar-refractivity contribution in [2.45, 2.75) is 69.3 Å². The number of halogens is 2. The average Bonchev–Trinajstić information content (AvgIpc) is 3.56. The number of hydrogen-bond donors (Lipinski definition) is 8. The molecule has 0 radical (unpaired) electrons. The highest BCUT2D eigenvalue weighted by atomic mass is 32.2. The summed E-state index contributed by atoms with van der Waals surface area (Å²) in [7, 11) is 0. The van der Waals surface area contributed by atoms with E-state index in [1.165, 1.54) is 28.8 Å². The second kappa shape index (κ2) is 21.4. The van der Waals surface area contributed by atoms with Crippen LogP contribution in [0.2, 0.25) is 0 Å². The van der Waals surface area contributed by atoms with Crippen molar-refractivity contribution >= 4 is 41.1 Å².